The number of benzene rings is 2. The van der Waals surface area contributed by atoms with E-state index in [-0.39, 0.29) is 6.61 Å². The molecule has 112 valence electrons. The lowest BCUT2D eigenvalue weighted by atomic mass is 10.3. The molecule has 0 aliphatic heterocycles. The molecule has 2 aromatic rings. The minimum Gasteiger partial charge on any atom is -0.489 e. The lowest BCUT2D eigenvalue weighted by molar-refractivity contribution is 0.117. The van der Waals surface area contributed by atoms with Gasteiger partial charge in [-0.25, -0.2) is 0 Å². The lowest BCUT2D eigenvalue weighted by Crippen LogP contribution is -2.26. The summed E-state index contributed by atoms with van der Waals surface area (Å²) in [5.74, 6) is 0.470. The van der Waals surface area contributed by atoms with E-state index < -0.39 is 6.10 Å². The van der Waals surface area contributed by atoms with E-state index in [1.54, 1.807) is 18.2 Å². The van der Waals surface area contributed by atoms with E-state index in [0.717, 1.165) is 9.26 Å². The van der Waals surface area contributed by atoms with Crippen LogP contribution in [0.25, 0.3) is 0 Å². The van der Waals surface area contributed by atoms with Gasteiger partial charge >= 0.3 is 0 Å². The molecule has 0 amide bonds. The third kappa shape index (κ3) is 5.54. The lowest BCUT2D eigenvalue weighted by Gasteiger charge is -2.15. The van der Waals surface area contributed by atoms with Gasteiger partial charge in [-0.15, -0.1) is 0 Å². The van der Waals surface area contributed by atoms with Crippen molar-refractivity contribution < 1.29 is 9.84 Å². The molecule has 0 fully saturated rings. The van der Waals surface area contributed by atoms with Crippen molar-refractivity contribution in [2.24, 2.45) is 0 Å². The molecule has 21 heavy (non-hydrogen) atoms. The Hall–Kier alpha value is -0.690. The first-order valence-corrected chi connectivity index (χ1v) is 8.13. The highest BCUT2D eigenvalue weighted by atomic mass is 127. The zero-order valence-corrected chi connectivity index (χ0v) is 14.7. The molecule has 0 bridgehead atoms. The Morgan fingerprint density at radius 3 is 2.76 bits per heavy atom. The van der Waals surface area contributed by atoms with Crippen molar-refractivity contribution in [2.45, 2.75) is 6.10 Å². The Balaban J connectivity index is 1.82. The van der Waals surface area contributed by atoms with Crippen LogP contribution in [-0.4, -0.2) is 24.4 Å². The van der Waals surface area contributed by atoms with Crippen LogP contribution < -0.4 is 10.1 Å². The van der Waals surface area contributed by atoms with E-state index in [0.29, 0.717) is 22.3 Å². The van der Waals surface area contributed by atoms with Crippen LogP contribution in [0.2, 0.25) is 10.0 Å². The summed E-state index contributed by atoms with van der Waals surface area (Å²) in [5.41, 5.74) is 0.960. The molecule has 2 N–H and O–H groups in total. The van der Waals surface area contributed by atoms with Crippen LogP contribution in [0.4, 0.5) is 5.69 Å². The summed E-state index contributed by atoms with van der Waals surface area (Å²) in [6.07, 6.45) is -0.655. The summed E-state index contributed by atoms with van der Waals surface area (Å²) in [6.45, 7) is 0.523. The van der Waals surface area contributed by atoms with Crippen LogP contribution >= 0.6 is 45.8 Å². The predicted molar refractivity (Wildman–Crippen MR) is 95.6 cm³/mol. The first-order valence-electron chi connectivity index (χ1n) is 6.30. The van der Waals surface area contributed by atoms with Crippen LogP contribution in [0.15, 0.2) is 42.5 Å². The van der Waals surface area contributed by atoms with Crippen molar-refractivity contribution in [1.29, 1.82) is 0 Å². The Bertz CT molecular complexity index is 610. The molecular weight excluding hydrogens is 424 g/mol. The maximum Gasteiger partial charge on any atom is 0.139 e. The minimum atomic E-state index is -0.655. The number of hydrogen-bond donors (Lipinski definition) is 2. The summed E-state index contributed by atoms with van der Waals surface area (Å²) in [5, 5.41) is 14.1. The third-order valence-electron chi connectivity index (χ3n) is 2.69. The van der Waals surface area contributed by atoms with Crippen molar-refractivity contribution in [1.82, 2.24) is 0 Å². The molecular formula is C15H14Cl2INO2. The number of aliphatic hydroxyl groups excluding tert-OH is 1. The van der Waals surface area contributed by atoms with Crippen LogP contribution in [0.5, 0.6) is 5.75 Å². The Kier molecular flexibility index (Phi) is 6.41. The molecule has 0 spiro atoms. The fourth-order valence-corrected chi connectivity index (χ4v) is 2.54. The molecule has 1 atom stereocenters. The van der Waals surface area contributed by atoms with Gasteiger partial charge in [-0.05, 0) is 52.9 Å². The monoisotopic (exact) mass is 437 g/mol. The van der Waals surface area contributed by atoms with Crippen molar-refractivity contribution in [3.05, 3.63) is 56.1 Å². The normalized spacial score (nSPS) is 12.0. The largest absolute Gasteiger partial charge is 0.489 e. The number of hydrogen-bond acceptors (Lipinski definition) is 3. The first-order chi connectivity index (χ1) is 10.0. The molecule has 0 heterocycles. The average molecular weight is 438 g/mol. The van der Waals surface area contributed by atoms with E-state index >= 15 is 0 Å². The third-order valence-corrected chi connectivity index (χ3v) is 3.91. The average Bonchev–Trinajstić information content (AvgIpc) is 2.46. The highest BCUT2D eigenvalue weighted by Crippen LogP contribution is 2.27. The van der Waals surface area contributed by atoms with Crippen LogP contribution in [0, 0.1) is 3.57 Å². The number of nitrogens with one attached hydrogen (secondary N) is 1. The molecule has 1 unspecified atom stereocenters. The molecule has 0 saturated heterocycles. The van der Waals surface area contributed by atoms with Gasteiger partial charge < -0.3 is 15.2 Å². The van der Waals surface area contributed by atoms with Gasteiger partial charge in [0.15, 0.2) is 0 Å². The summed E-state index contributed by atoms with van der Waals surface area (Å²) < 4.78 is 6.62. The molecule has 0 radical (unpaired) electrons. The van der Waals surface area contributed by atoms with Crippen molar-refractivity contribution in [3.63, 3.8) is 0 Å². The van der Waals surface area contributed by atoms with Gasteiger partial charge in [0, 0.05) is 26.9 Å². The smallest absolute Gasteiger partial charge is 0.139 e. The van der Waals surface area contributed by atoms with Gasteiger partial charge in [0.05, 0.1) is 5.02 Å². The first kappa shape index (κ1) is 16.7. The van der Waals surface area contributed by atoms with Crippen LogP contribution in [0.3, 0.4) is 0 Å². The highest BCUT2D eigenvalue weighted by molar-refractivity contribution is 14.1. The SMILES string of the molecule is OC(CNc1cccc(I)c1)COc1cc(Cl)ccc1Cl. The molecule has 3 nitrogen and oxygen atoms in total. The summed E-state index contributed by atoms with van der Waals surface area (Å²) in [6, 6.07) is 12.9. The molecule has 6 heteroatoms. The fourth-order valence-electron chi connectivity index (χ4n) is 1.67. The van der Waals surface area contributed by atoms with Gasteiger partial charge in [0.25, 0.3) is 0 Å². The standard InChI is InChI=1S/C15H14Cl2INO2/c16-10-4-5-14(17)15(6-10)21-9-13(20)8-19-12-3-1-2-11(18)7-12/h1-7,13,19-20H,8-9H2. The van der Waals surface area contributed by atoms with Crippen molar-refractivity contribution in [2.75, 3.05) is 18.5 Å². The molecule has 2 rings (SSSR count). The minimum absolute atomic E-state index is 0.136. The summed E-state index contributed by atoms with van der Waals surface area (Å²) in [4.78, 5) is 0. The molecule has 0 aromatic heterocycles. The highest BCUT2D eigenvalue weighted by Gasteiger charge is 2.08. The van der Waals surface area contributed by atoms with E-state index in [4.69, 9.17) is 27.9 Å². The van der Waals surface area contributed by atoms with Gasteiger partial charge in [-0.3, -0.25) is 0 Å². The maximum absolute atomic E-state index is 9.94. The second kappa shape index (κ2) is 8.08. The number of ether oxygens (including phenoxy) is 1. The maximum atomic E-state index is 9.94. The Labute approximate surface area is 147 Å². The summed E-state index contributed by atoms with van der Waals surface area (Å²) in [7, 11) is 0. The van der Waals surface area contributed by atoms with Gasteiger partial charge in [-0.2, -0.15) is 0 Å². The van der Waals surface area contributed by atoms with Gasteiger partial charge in [0.1, 0.15) is 18.5 Å². The topological polar surface area (TPSA) is 41.5 Å². The molecule has 0 saturated carbocycles. The zero-order chi connectivity index (χ0) is 15.2. The summed E-state index contributed by atoms with van der Waals surface area (Å²) >= 11 is 14.1. The van der Waals surface area contributed by atoms with Gasteiger partial charge in [-0.1, -0.05) is 29.3 Å². The predicted octanol–water partition coefficient (Wildman–Crippen LogP) is 4.45. The second-order valence-electron chi connectivity index (χ2n) is 4.43. The van der Waals surface area contributed by atoms with E-state index in [9.17, 15) is 5.11 Å². The van der Waals surface area contributed by atoms with Crippen molar-refractivity contribution in [3.8, 4) is 5.75 Å². The molecule has 0 aliphatic rings. The fraction of sp³-hybridized carbons (Fsp3) is 0.200. The van der Waals surface area contributed by atoms with Crippen LogP contribution in [-0.2, 0) is 0 Å². The van der Waals surface area contributed by atoms with Crippen molar-refractivity contribution >= 4 is 51.5 Å². The van der Waals surface area contributed by atoms with E-state index in [1.807, 2.05) is 24.3 Å². The van der Waals surface area contributed by atoms with E-state index in [1.165, 1.54) is 0 Å². The zero-order valence-electron chi connectivity index (χ0n) is 11.0. The number of aliphatic hydroxyl groups is 1. The number of halogens is 3. The quantitative estimate of drug-likeness (QED) is 0.656. The number of rotatable bonds is 6. The van der Waals surface area contributed by atoms with E-state index in [2.05, 4.69) is 27.9 Å². The van der Waals surface area contributed by atoms with Gasteiger partial charge in [0.2, 0.25) is 0 Å². The molecule has 2 aromatic carbocycles. The Morgan fingerprint density at radius 2 is 2.00 bits per heavy atom. The molecule has 0 aliphatic carbocycles. The Morgan fingerprint density at radius 1 is 1.19 bits per heavy atom. The van der Waals surface area contributed by atoms with Crippen LogP contribution in [0.1, 0.15) is 0 Å². The number of anilines is 1. The second-order valence-corrected chi connectivity index (χ2v) is 6.52.